The smallest absolute Gasteiger partial charge is 0.235 e. The molecule has 12 rings (SSSR count). The van der Waals surface area contributed by atoms with Crippen LogP contribution in [0.1, 0.15) is 0 Å². The zero-order valence-corrected chi connectivity index (χ0v) is 31.4. The number of fused-ring (bicyclic) bond motifs is 9. The number of benzene rings is 9. The lowest BCUT2D eigenvalue weighted by Crippen LogP contribution is -2.00. The van der Waals surface area contributed by atoms with Crippen LogP contribution in [0.3, 0.4) is 0 Å². The first-order chi connectivity index (χ1) is 28.7. The molecule has 270 valence electrons. The van der Waals surface area contributed by atoms with Crippen LogP contribution in [-0.4, -0.2) is 19.1 Å². The van der Waals surface area contributed by atoms with Crippen LogP contribution in [0.25, 0.3) is 110 Å². The molecule has 0 unspecified atom stereocenters. The van der Waals surface area contributed by atoms with E-state index < -0.39 is 0 Å². The van der Waals surface area contributed by atoms with Crippen molar-refractivity contribution in [3.8, 4) is 45.0 Å². The molecular weight excluding hydrogens is 705 g/mol. The summed E-state index contributed by atoms with van der Waals surface area (Å²) >= 11 is 0. The van der Waals surface area contributed by atoms with E-state index in [-0.39, 0.29) is 0 Å². The molecule has 0 N–H and O–H groups in total. The second-order valence-corrected chi connectivity index (χ2v) is 15.1. The fraction of sp³-hybridized carbons (Fsp3) is 0. The molecular formula is C54H34N4. The van der Waals surface area contributed by atoms with Crippen LogP contribution in [0.15, 0.2) is 206 Å². The molecule has 9 aromatic carbocycles. The maximum absolute atomic E-state index is 5.06. The average Bonchev–Trinajstić information content (AvgIpc) is 3.82. The summed E-state index contributed by atoms with van der Waals surface area (Å²) in [4.78, 5) is 9.96. The van der Waals surface area contributed by atoms with Gasteiger partial charge in [-0.3, -0.25) is 4.57 Å². The molecule has 0 amide bonds. The van der Waals surface area contributed by atoms with Gasteiger partial charge in [0.05, 0.1) is 27.6 Å². The summed E-state index contributed by atoms with van der Waals surface area (Å²) in [7, 11) is 0. The van der Waals surface area contributed by atoms with Crippen molar-refractivity contribution in [1.29, 1.82) is 0 Å². The van der Waals surface area contributed by atoms with Crippen LogP contribution in [-0.2, 0) is 0 Å². The van der Waals surface area contributed by atoms with E-state index in [0.29, 0.717) is 5.95 Å². The Kier molecular flexibility index (Phi) is 7.20. The predicted octanol–water partition coefficient (Wildman–Crippen LogP) is 14.0. The van der Waals surface area contributed by atoms with E-state index in [9.17, 15) is 0 Å². The van der Waals surface area contributed by atoms with Gasteiger partial charge in [-0.1, -0.05) is 140 Å². The van der Waals surface area contributed by atoms with Gasteiger partial charge in [0.15, 0.2) is 0 Å². The van der Waals surface area contributed by atoms with E-state index in [4.69, 9.17) is 9.97 Å². The second-order valence-electron chi connectivity index (χ2n) is 15.1. The minimum absolute atomic E-state index is 0.669. The zero-order chi connectivity index (χ0) is 38.2. The highest BCUT2D eigenvalue weighted by atomic mass is 15.2. The first-order valence-electron chi connectivity index (χ1n) is 19.7. The van der Waals surface area contributed by atoms with Crippen molar-refractivity contribution in [2.75, 3.05) is 0 Å². The van der Waals surface area contributed by atoms with Gasteiger partial charge in [0.25, 0.3) is 0 Å². The summed E-state index contributed by atoms with van der Waals surface area (Å²) < 4.78 is 4.65. The quantitative estimate of drug-likeness (QED) is 0.176. The lowest BCUT2D eigenvalue weighted by molar-refractivity contribution is 1.01. The summed E-state index contributed by atoms with van der Waals surface area (Å²) in [5, 5.41) is 8.27. The van der Waals surface area contributed by atoms with Crippen molar-refractivity contribution >= 4 is 65.3 Å². The van der Waals surface area contributed by atoms with Crippen molar-refractivity contribution in [2.45, 2.75) is 0 Å². The molecule has 12 aromatic rings. The minimum Gasteiger partial charge on any atom is -0.309 e. The Morgan fingerprint density at radius 1 is 0.328 bits per heavy atom. The highest BCUT2D eigenvalue weighted by Crippen LogP contribution is 2.41. The van der Waals surface area contributed by atoms with Crippen LogP contribution in [0, 0.1) is 0 Å². The largest absolute Gasteiger partial charge is 0.309 e. The first kappa shape index (κ1) is 32.4. The lowest BCUT2D eigenvalue weighted by atomic mass is 9.98. The van der Waals surface area contributed by atoms with Crippen molar-refractivity contribution in [2.24, 2.45) is 0 Å². The van der Waals surface area contributed by atoms with Crippen LogP contribution in [0.4, 0.5) is 0 Å². The third-order valence-corrected chi connectivity index (χ3v) is 11.7. The van der Waals surface area contributed by atoms with E-state index in [2.05, 4.69) is 197 Å². The van der Waals surface area contributed by atoms with Crippen molar-refractivity contribution < 1.29 is 0 Å². The zero-order valence-electron chi connectivity index (χ0n) is 31.4. The first-order valence-corrected chi connectivity index (χ1v) is 19.7. The van der Waals surface area contributed by atoms with Gasteiger partial charge < -0.3 is 4.57 Å². The van der Waals surface area contributed by atoms with Crippen molar-refractivity contribution in [3.63, 3.8) is 0 Å². The number of hydrogen-bond donors (Lipinski definition) is 0. The average molecular weight is 739 g/mol. The Morgan fingerprint density at radius 2 is 0.897 bits per heavy atom. The Balaban J connectivity index is 1.07. The molecule has 3 aromatic heterocycles. The number of hydrogen-bond acceptors (Lipinski definition) is 2. The van der Waals surface area contributed by atoms with Crippen LogP contribution >= 0.6 is 0 Å². The molecule has 0 saturated carbocycles. The van der Waals surface area contributed by atoms with Gasteiger partial charge >= 0.3 is 0 Å². The number of para-hydroxylation sites is 2. The summed E-state index contributed by atoms with van der Waals surface area (Å²) in [6.07, 6.45) is 1.93. The van der Waals surface area contributed by atoms with E-state index in [1.165, 1.54) is 71.2 Å². The molecule has 0 aliphatic heterocycles. The molecule has 4 nitrogen and oxygen atoms in total. The molecule has 0 saturated heterocycles. The maximum atomic E-state index is 5.06. The SMILES string of the molecule is c1ccc(-c2cc(-c3ccccc3)cc(-n3c4ccccc4c4cc(-c5ccc6c(c5)c5c7ccccc7ccc5n6-c5ncc6ccccc6n5)ccc43)c2)cc1. The van der Waals surface area contributed by atoms with E-state index in [1.54, 1.807) is 0 Å². The summed E-state index contributed by atoms with van der Waals surface area (Å²) in [5.74, 6) is 0.669. The van der Waals surface area contributed by atoms with Crippen molar-refractivity contribution in [3.05, 3.63) is 206 Å². The van der Waals surface area contributed by atoms with Crippen LogP contribution in [0.5, 0.6) is 0 Å². The third kappa shape index (κ3) is 5.09. The van der Waals surface area contributed by atoms with E-state index in [1.807, 2.05) is 18.3 Å². The van der Waals surface area contributed by atoms with Gasteiger partial charge in [0.1, 0.15) is 0 Å². The molecule has 0 aliphatic carbocycles. The third-order valence-electron chi connectivity index (χ3n) is 11.7. The van der Waals surface area contributed by atoms with Crippen LogP contribution in [0.2, 0.25) is 0 Å². The molecule has 0 atom stereocenters. The molecule has 58 heavy (non-hydrogen) atoms. The van der Waals surface area contributed by atoms with Gasteiger partial charge in [0, 0.05) is 38.8 Å². The standard InChI is InChI=1S/C54H34N4/c1-3-13-35(14-4-1)41-29-42(36-15-5-2-6-16-36)31-43(30-41)57-49-22-12-10-20-45(49)46-32-38(24-26-50(46)57)39-25-27-51-47(33-39)53-44-19-9-7-17-37(44)23-28-52(53)58(51)54-55-34-40-18-8-11-21-48(40)56-54/h1-34H. The predicted molar refractivity (Wildman–Crippen MR) is 242 cm³/mol. The van der Waals surface area contributed by atoms with Gasteiger partial charge in [0.2, 0.25) is 5.95 Å². The molecule has 0 fully saturated rings. The molecule has 0 aliphatic rings. The maximum Gasteiger partial charge on any atom is 0.235 e. The molecule has 0 spiro atoms. The van der Waals surface area contributed by atoms with Gasteiger partial charge in [-0.05, 0) is 105 Å². The number of nitrogens with zero attached hydrogens (tertiary/aromatic N) is 4. The van der Waals surface area contributed by atoms with E-state index >= 15 is 0 Å². The fourth-order valence-electron chi connectivity index (χ4n) is 9.02. The minimum atomic E-state index is 0.669. The summed E-state index contributed by atoms with van der Waals surface area (Å²) in [6.45, 7) is 0. The summed E-state index contributed by atoms with van der Waals surface area (Å²) in [6, 6.07) is 72.2. The van der Waals surface area contributed by atoms with Crippen molar-refractivity contribution in [1.82, 2.24) is 19.1 Å². The van der Waals surface area contributed by atoms with Crippen LogP contribution < -0.4 is 0 Å². The highest BCUT2D eigenvalue weighted by molar-refractivity contribution is 6.22. The molecule has 4 heteroatoms. The van der Waals surface area contributed by atoms with E-state index in [0.717, 1.165) is 33.2 Å². The van der Waals surface area contributed by atoms with Gasteiger partial charge in [-0.25, -0.2) is 9.97 Å². The summed E-state index contributed by atoms with van der Waals surface area (Å²) in [5.41, 5.74) is 13.7. The Labute approximate surface area is 334 Å². The monoisotopic (exact) mass is 738 g/mol. The van der Waals surface area contributed by atoms with Gasteiger partial charge in [-0.2, -0.15) is 0 Å². The Bertz CT molecular complexity index is 3500. The Hall–Kier alpha value is -7.82. The number of rotatable bonds is 5. The van der Waals surface area contributed by atoms with Gasteiger partial charge in [-0.15, -0.1) is 0 Å². The molecule has 0 bridgehead atoms. The fourth-order valence-corrected chi connectivity index (χ4v) is 9.02. The number of aromatic nitrogens is 4. The molecule has 0 radical (unpaired) electrons. The normalized spacial score (nSPS) is 11.8. The topological polar surface area (TPSA) is 35.6 Å². The lowest BCUT2D eigenvalue weighted by Gasteiger charge is -2.14. The Morgan fingerprint density at radius 3 is 1.64 bits per heavy atom. The second kappa shape index (κ2) is 12.9. The molecule has 3 heterocycles. The highest BCUT2D eigenvalue weighted by Gasteiger charge is 2.19.